The zero-order valence-corrected chi connectivity index (χ0v) is 17.3. The molecule has 0 saturated carbocycles. The number of hydrogen-bond donors (Lipinski definition) is 1. The van der Waals surface area contributed by atoms with Crippen LogP contribution in [0.4, 0.5) is 10.1 Å². The number of thiophene rings is 1. The molecule has 2 heterocycles. The fourth-order valence-corrected chi connectivity index (χ4v) is 3.83. The van der Waals surface area contributed by atoms with Gasteiger partial charge in [0, 0.05) is 16.8 Å². The van der Waals surface area contributed by atoms with Gasteiger partial charge in [-0.2, -0.15) is 5.10 Å². The van der Waals surface area contributed by atoms with E-state index in [0.717, 1.165) is 11.1 Å². The Kier molecular flexibility index (Phi) is 6.11. The number of hydrogen-bond acceptors (Lipinski definition) is 4. The molecule has 0 bridgehead atoms. The van der Waals surface area contributed by atoms with Gasteiger partial charge in [0.25, 0.3) is 5.91 Å². The molecule has 0 saturated heterocycles. The van der Waals surface area contributed by atoms with E-state index in [1.165, 1.54) is 17.4 Å². The van der Waals surface area contributed by atoms with Crippen molar-refractivity contribution in [3.63, 3.8) is 0 Å². The van der Waals surface area contributed by atoms with E-state index in [4.69, 9.17) is 16.3 Å². The summed E-state index contributed by atoms with van der Waals surface area (Å²) in [6.45, 7) is 0.731. The number of ether oxygens (including phenoxy) is 1. The zero-order valence-electron chi connectivity index (χ0n) is 15.7. The average molecular weight is 442 g/mol. The molecule has 0 spiro atoms. The fourth-order valence-electron chi connectivity index (χ4n) is 2.82. The minimum Gasteiger partial charge on any atom is -0.486 e. The summed E-state index contributed by atoms with van der Waals surface area (Å²) in [5.41, 5.74) is 2.41. The molecule has 0 unspecified atom stereocenters. The van der Waals surface area contributed by atoms with Crippen LogP contribution in [0, 0.1) is 5.82 Å². The molecule has 0 aliphatic carbocycles. The highest BCUT2D eigenvalue weighted by Gasteiger charge is 2.12. The van der Waals surface area contributed by atoms with Gasteiger partial charge in [0.1, 0.15) is 6.61 Å². The predicted molar refractivity (Wildman–Crippen MR) is 116 cm³/mol. The second-order valence-corrected chi connectivity index (χ2v) is 7.90. The van der Waals surface area contributed by atoms with Crippen molar-refractivity contribution in [3.8, 4) is 5.75 Å². The molecule has 30 heavy (non-hydrogen) atoms. The Labute approximate surface area is 181 Å². The number of para-hydroxylation sites is 1. The molecule has 1 N–H and O–H groups in total. The molecule has 2 aromatic heterocycles. The van der Waals surface area contributed by atoms with Crippen molar-refractivity contribution in [1.82, 2.24) is 9.78 Å². The van der Waals surface area contributed by atoms with Crippen LogP contribution in [-0.4, -0.2) is 15.7 Å². The number of nitrogens with zero attached hydrogens (tertiary/aromatic N) is 2. The maximum atomic E-state index is 13.6. The van der Waals surface area contributed by atoms with Gasteiger partial charge in [-0.15, -0.1) is 11.3 Å². The summed E-state index contributed by atoms with van der Waals surface area (Å²) in [5, 5.41) is 9.59. The highest BCUT2D eigenvalue weighted by molar-refractivity contribution is 7.12. The van der Waals surface area contributed by atoms with Gasteiger partial charge in [-0.05, 0) is 41.3 Å². The minimum absolute atomic E-state index is 0.182. The van der Waals surface area contributed by atoms with Crippen molar-refractivity contribution in [2.75, 3.05) is 5.32 Å². The van der Waals surface area contributed by atoms with E-state index in [1.807, 2.05) is 29.6 Å². The second kappa shape index (κ2) is 9.11. The summed E-state index contributed by atoms with van der Waals surface area (Å²) in [4.78, 5) is 13.0. The van der Waals surface area contributed by atoms with Crippen molar-refractivity contribution in [2.24, 2.45) is 0 Å². The standard InChI is InChI=1S/C22H17ClFN3O2S/c23-17-5-3-4-15(8-17)11-27-12-18(10-25-27)26-22(28)21-9-16(14-30-21)13-29-20-7-2-1-6-19(20)24/h1-10,12,14H,11,13H2,(H,26,28). The lowest BCUT2D eigenvalue weighted by Gasteiger charge is -2.05. The number of benzene rings is 2. The lowest BCUT2D eigenvalue weighted by molar-refractivity contribution is 0.103. The second-order valence-electron chi connectivity index (χ2n) is 6.55. The third-order valence-corrected chi connectivity index (χ3v) is 5.45. The van der Waals surface area contributed by atoms with Gasteiger partial charge in [0.2, 0.25) is 0 Å². The van der Waals surface area contributed by atoms with E-state index < -0.39 is 5.82 Å². The first-order chi connectivity index (χ1) is 14.6. The molecule has 0 aliphatic rings. The number of aromatic nitrogens is 2. The molecule has 0 atom stereocenters. The molecule has 0 radical (unpaired) electrons. The molecule has 2 aromatic carbocycles. The molecular formula is C22H17ClFN3O2S. The van der Waals surface area contributed by atoms with Gasteiger partial charge >= 0.3 is 0 Å². The normalized spacial score (nSPS) is 10.7. The van der Waals surface area contributed by atoms with Crippen molar-refractivity contribution in [1.29, 1.82) is 0 Å². The van der Waals surface area contributed by atoms with Gasteiger partial charge in [-0.3, -0.25) is 9.48 Å². The van der Waals surface area contributed by atoms with Gasteiger partial charge in [0.15, 0.2) is 11.6 Å². The lowest BCUT2D eigenvalue weighted by atomic mass is 10.2. The quantitative estimate of drug-likeness (QED) is 0.405. The molecule has 0 aliphatic heterocycles. The number of rotatable bonds is 7. The van der Waals surface area contributed by atoms with E-state index in [2.05, 4.69) is 10.4 Å². The van der Waals surface area contributed by atoms with Gasteiger partial charge in [-0.25, -0.2) is 4.39 Å². The van der Waals surface area contributed by atoms with Crippen LogP contribution in [0.5, 0.6) is 5.75 Å². The largest absolute Gasteiger partial charge is 0.486 e. The first kappa shape index (κ1) is 20.1. The van der Waals surface area contributed by atoms with Crippen LogP contribution in [0.25, 0.3) is 0 Å². The highest BCUT2D eigenvalue weighted by atomic mass is 35.5. The Morgan fingerprint density at radius 2 is 2.03 bits per heavy atom. The Morgan fingerprint density at radius 3 is 2.87 bits per heavy atom. The SMILES string of the molecule is O=C(Nc1cnn(Cc2cccc(Cl)c2)c1)c1cc(COc2ccccc2F)cs1. The van der Waals surface area contributed by atoms with Crippen molar-refractivity contribution < 1.29 is 13.9 Å². The van der Waals surface area contributed by atoms with Crippen molar-refractivity contribution in [2.45, 2.75) is 13.2 Å². The molecule has 8 heteroatoms. The van der Waals surface area contributed by atoms with E-state index in [-0.39, 0.29) is 18.3 Å². The maximum Gasteiger partial charge on any atom is 0.265 e. The molecule has 1 amide bonds. The Hall–Kier alpha value is -3.16. The monoisotopic (exact) mass is 441 g/mol. The molecule has 4 rings (SSSR count). The number of carbonyl (C=O) groups is 1. The molecular weight excluding hydrogens is 425 g/mol. The van der Waals surface area contributed by atoms with Crippen LogP contribution in [0.2, 0.25) is 5.02 Å². The Bertz CT molecular complexity index is 1170. The van der Waals surface area contributed by atoms with Crippen molar-refractivity contribution >= 4 is 34.5 Å². The number of anilines is 1. The van der Waals surface area contributed by atoms with Gasteiger partial charge < -0.3 is 10.1 Å². The lowest BCUT2D eigenvalue weighted by Crippen LogP contribution is -2.09. The highest BCUT2D eigenvalue weighted by Crippen LogP contribution is 2.21. The van der Waals surface area contributed by atoms with Crippen LogP contribution in [0.15, 0.2) is 72.4 Å². The van der Waals surface area contributed by atoms with E-state index in [1.54, 1.807) is 41.3 Å². The third kappa shape index (κ3) is 5.06. The van der Waals surface area contributed by atoms with E-state index >= 15 is 0 Å². The third-order valence-electron chi connectivity index (χ3n) is 4.23. The topological polar surface area (TPSA) is 56.2 Å². The Balaban J connectivity index is 1.34. The Morgan fingerprint density at radius 1 is 1.17 bits per heavy atom. The number of nitrogens with one attached hydrogen (secondary N) is 1. The van der Waals surface area contributed by atoms with Crippen LogP contribution >= 0.6 is 22.9 Å². The van der Waals surface area contributed by atoms with Crippen LogP contribution in [0.3, 0.4) is 0 Å². The van der Waals surface area contributed by atoms with Gasteiger partial charge in [-0.1, -0.05) is 35.9 Å². The molecule has 0 fully saturated rings. The summed E-state index contributed by atoms with van der Waals surface area (Å²) < 4.78 is 20.8. The molecule has 152 valence electrons. The smallest absolute Gasteiger partial charge is 0.265 e. The van der Waals surface area contributed by atoms with E-state index in [9.17, 15) is 9.18 Å². The summed E-state index contributed by atoms with van der Waals surface area (Å²) in [6.07, 6.45) is 3.35. The number of carbonyl (C=O) groups excluding carboxylic acids is 1. The predicted octanol–water partition coefficient (Wildman–Crippen LogP) is 5.62. The molecule has 4 aromatic rings. The first-order valence-electron chi connectivity index (χ1n) is 9.10. The number of halogens is 2. The van der Waals surface area contributed by atoms with Crippen LogP contribution < -0.4 is 10.1 Å². The summed E-state index contributed by atoms with van der Waals surface area (Å²) in [7, 11) is 0. The van der Waals surface area contributed by atoms with Crippen LogP contribution in [-0.2, 0) is 13.2 Å². The zero-order chi connectivity index (χ0) is 20.9. The minimum atomic E-state index is -0.416. The summed E-state index contributed by atoms with van der Waals surface area (Å²) >= 11 is 7.31. The summed E-state index contributed by atoms with van der Waals surface area (Å²) in [5.74, 6) is -0.471. The maximum absolute atomic E-state index is 13.6. The number of amides is 1. The van der Waals surface area contributed by atoms with Crippen molar-refractivity contribution in [3.05, 3.63) is 99.2 Å². The van der Waals surface area contributed by atoms with Crippen LogP contribution in [0.1, 0.15) is 20.8 Å². The van der Waals surface area contributed by atoms with E-state index in [0.29, 0.717) is 22.1 Å². The fraction of sp³-hybridized carbons (Fsp3) is 0.0909. The first-order valence-corrected chi connectivity index (χ1v) is 10.4. The summed E-state index contributed by atoms with van der Waals surface area (Å²) in [6, 6.07) is 15.5. The van der Waals surface area contributed by atoms with Gasteiger partial charge in [0.05, 0.1) is 23.3 Å². The molecule has 5 nitrogen and oxygen atoms in total. The average Bonchev–Trinajstić information content (AvgIpc) is 3.37.